The van der Waals surface area contributed by atoms with E-state index >= 15 is 0 Å². The molecule has 0 radical (unpaired) electrons. The second kappa shape index (κ2) is 8.91. The first-order valence-electron chi connectivity index (χ1n) is 10.0. The van der Waals surface area contributed by atoms with Crippen molar-refractivity contribution >= 4 is 21.6 Å². The fourth-order valence-electron chi connectivity index (χ4n) is 3.54. The van der Waals surface area contributed by atoms with Gasteiger partial charge in [0.2, 0.25) is 10.0 Å². The van der Waals surface area contributed by atoms with E-state index in [1.165, 1.54) is 22.5 Å². The molecule has 0 saturated carbocycles. The monoisotopic (exact) mass is 441 g/mol. The number of sulfonamides is 1. The normalized spacial score (nSPS) is 14.9. The molecule has 31 heavy (non-hydrogen) atoms. The molecule has 0 unspecified atom stereocenters. The molecule has 1 N–H and O–H groups in total. The third-order valence-electron chi connectivity index (χ3n) is 5.16. The zero-order valence-electron chi connectivity index (χ0n) is 17.1. The topological polar surface area (TPSA) is 102 Å². The first kappa shape index (κ1) is 21.1. The number of benzene rings is 2. The Balaban J connectivity index is 1.52. The van der Waals surface area contributed by atoms with Crippen molar-refractivity contribution in [3.05, 3.63) is 60.3 Å². The first-order valence-corrected chi connectivity index (χ1v) is 11.4. The van der Waals surface area contributed by atoms with Crippen molar-refractivity contribution in [1.82, 2.24) is 9.46 Å². The minimum absolute atomic E-state index is 0.0743. The number of para-hydroxylation sites is 1. The number of aromatic nitrogens is 1. The number of anilines is 1. The molecule has 1 aliphatic heterocycles. The van der Waals surface area contributed by atoms with E-state index in [2.05, 4.69) is 10.5 Å². The standard InChI is InChI=1S/C22H23N3O5S/c1-29-20-11-4-3-10-18(20)21-15-19(24-30-21)22(26)23-16-8-7-9-17(14-16)31(27,28)25-12-5-2-6-13-25/h3-4,7-11,14-15H,2,5-6,12-13H2,1H3,(H,23,26). The summed E-state index contributed by atoms with van der Waals surface area (Å²) in [6.45, 7) is 1.03. The number of rotatable bonds is 6. The number of nitrogens with one attached hydrogen (secondary N) is 1. The molecule has 9 heteroatoms. The van der Waals surface area contributed by atoms with E-state index in [4.69, 9.17) is 9.26 Å². The number of carbonyl (C=O) groups excluding carboxylic acids is 1. The molecule has 0 bridgehead atoms. The number of piperidine rings is 1. The molecule has 0 atom stereocenters. The molecular weight excluding hydrogens is 418 g/mol. The van der Waals surface area contributed by atoms with Gasteiger partial charge in [-0.05, 0) is 43.2 Å². The van der Waals surface area contributed by atoms with Gasteiger partial charge in [-0.2, -0.15) is 4.31 Å². The van der Waals surface area contributed by atoms with Gasteiger partial charge in [0.25, 0.3) is 5.91 Å². The van der Waals surface area contributed by atoms with Gasteiger partial charge in [-0.3, -0.25) is 4.79 Å². The van der Waals surface area contributed by atoms with Crippen LogP contribution < -0.4 is 10.1 Å². The lowest BCUT2D eigenvalue weighted by atomic mass is 10.1. The van der Waals surface area contributed by atoms with Crippen LogP contribution in [0.5, 0.6) is 5.75 Å². The predicted octanol–water partition coefficient (Wildman–Crippen LogP) is 3.78. The molecule has 1 aromatic heterocycles. The maximum absolute atomic E-state index is 12.9. The molecule has 1 saturated heterocycles. The molecule has 1 fully saturated rings. The molecular formula is C22H23N3O5S. The highest BCUT2D eigenvalue weighted by molar-refractivity contribution is 7.89. The van der Waals surface area contributed by atoms with Crippen LogP contribution in [0.4, 0.5) is 5.69 Å². The van der Waals surface area contributed by atoms with Crippen molar-refractivity contribution in [3.63, 3.8) is 0 Å². The van der Waals surface area contributed by atoms with E-state index in [1.54, 1.807) is 31.4 Å². The van der Waals surface area contributed by atoms with Crippen LogP contribution in [0.25, 0.3) is 11.3 Å². The van der Waals surface area contributed by atoms with Crippen molar-refractivity contribution in [2.24, 2.45) is 0 Å². The van der Waals surface area contributed by atoms with E-state index in [1.807, 2.05) is 12.1 Å². The molecule has 4 rings (SSSR count). The van der Waals surface area contributed by atoms with Gasteiger partial charge in [-0.15, -0.1) is 0 Å². The molecule has 1 aliphatic rings. The van der Waals surface area contributed by atoms with E-state index in [0.29, 0.717) is 35.9 Å². The highest BCUT2D eigenvalue weighted by Crippen LogP contribution is 2.30. The summed E-state index contributed by atoms with van der Waals surface area (Å²) in [5.74, 6) is 0.489. The Morgan fingerprint density at radius 3 is 2.61 bits per heavy atom. The van der Waals surface area contributed by atoms with Crippen LogP contribution >= 0.6 is 0 Å². The Morgan fingerprint density at radius 2 is 1.84 bits per heavy atom. The first-order chi connectivity index (χ1) is 15.0. The van der Waals surface area contributed by atoms with Crippen LogP contribution in [-0.4, -0.2) is 44.0 Å². The van der Waals surface area contributed by atoms with Gasteiger partial charge in [0.05, 0.1) is 17.6 Å². The maximum Gasteiger partial charge on any atom is 0.277 e. The van der Waals surface area contributed by atoms with Crippen LogP contribution in [0.15, 0.2) is 64.0 Å². The lowest BCUT2D eigenvalue weighted by Crippen LogP contribution is -2.35. The van der Waals surface area contributed by atoms with Gasteiger partial charge in [-0.25, -0.2) is 8.42 Å². The summed E-state index contributed by atoms with van der Waals surface area (Å²) in [4.78, 5) is 12.8. The zero-order valence-corrected chi connectivity index (χ0v) is 17.9. The molecule has 2 heterocycles. The number of hydrogen-bond donors (Lipinski definition) is 1. The Kier molecular flexibility index (Phi) is 6.06. The summed E-state index contributed by atoms with van der Waals surface area (Å²) in [7, 11) is -2.04. The SMILES string of the molecule is COc1ccccc1-c1cc(C(=O)Nc2cccc(S(=O)(=O)N3CCCCC3)c2)no1. The van der Waals surface area contributed by atoms with E-state index in [0.717, 1.165) is 19.3 Å². The van der Waals surface area contributed by atoms with E-state index in [9.17, 15) is 13.2 Å². The van der Waals surface area contributed by atoms with Crippen LogP contribution in [0, 0.1) is 0 Å². The minimum atomic E-state index is -3.59. The summed E-state index contributed by atoms with van der Waals surface area (Å²) in [5, 5.41) is 6.53. The summed E-state index contributed by atoms with van der Waals surface area (Å²) in [6.07, 6.45) is 2.75. The summed E-state index contributed by atoms with van der Waals surface area (Å²) in [5.41, 5.74) is 1.11. The van der Waals surface area contributed by atoms with E-state index in [-0.39, 0.29) is 10.6 Å². The van der Waals surface area contributed by atoms with Crippen molar-refractivity contribution in [3.8, 4) is 17.1 Å². The minimum Gasteiger partial charge on any atom is -0.496 e. The maximum atomic E-state index is 12.9. The number of methoxy groups -OCH3 is 1. The molecule has 2 aromatic carbocycles. The smallest absolute Gasteiger partial charge is 0.277 e. The summed E-state index contributed by atoms with van der Waals surface area (Å²) >= 11 is 0. The van der Waals surface area contributed by atoms with Crippen molar-refractivity contribution in [1.29, 1.82) is 0 Å². The van der Waals surface area contributed by atoms with Crippen LogP contribution in [0.3, 0.4) is 0 Å². The number of amides is 1. The lowest BCUT2D eigenvalue weighted by Gasteiger charge is -2.26. The highest BCUT2D eigenvalue weighted by atomic mass is 32.2. The van der Waals surface area contributed by atoms with Gasteiger partial charge < -0.3 is 14.6 Å². The van der Waals surface area contributed by atoms with Gasteiger partial charge in [0.15, 0.2) is 11.5 Å². The number of nitrogens with zero attached hydrogens (tertiary/aromatic N) is 2. The molecule has 162 valence electrons. The number of carbonyl (C=O) groups is 1. The van der Waals surface area contributed by atoms with Crippen molar-refractivity contribution in [2.75, 3.05) is 25.5 Å². The average molecular weight is 442 g/mol. The third kappa shape index (κ3) is 4.47. The summed E-state index contributed by atoms with van der Waals surface area (Å²) < 4.78 is 37.9. The fourth-order valence-corrected chi connectivity index (χ4v) is 5.10. The molecule has 3 aromatic rings. The van der Waals surface area contributed by atoms with Gasteiger partial charge in [0, 0.05) is 24.8 Å². The van der Waals surface area contributed by atoms with Gasteiger partial charge in [-0.1, -0.05) is 29.8 Å². The van der Waals surface area contributed by atoms with Crippen LogP contribution in [0.2, 0.25) is 0 Å². The van der Waals surface area contributed by atoms with Crippen molar-refractivity contribution in [2.45, 2.75) is 24.2 Å². The van der Waals surface area contributed by atoms with Gasteiger partial charge in [0.1, 0.15) is 5.75 Å². The Labute approximate surface area is 180 Å². The van der Waals surface area contributed by atoms with Crippen molar-refractivity contribution < 1.29 is 22.5 Å². The van der Waals surface area contributed by atoms with Gasteiger partial charge >= 0.3 is 0 Å². The Hall–Kier alpha value is -3.17. The predicted molar refractivity (Wildman–Crippen MR) is 115 cm³/mol. The second-order valence-corrected chi connectivity index (χ2v) is 9.16. The third-order valence-corrected chi connectivity index (χ3v) is 7.05. The number of ether oxygens (including phenoxy) is 1. The largest absolute Gasteiger partial charge is 0.496 e. The van der Waals surface area contributed by atoms with Crippen LogP contribution in [-0.2, 0) is 10.0 Å². The second-order valence-electron chi connectivity index (χ2n) is 7.22. The quantitative estimate of drug-likeness (QED) is 0.625. The molecule has 0 aliphatic carbocycles. The summed E-state index contributed by atoms with van der Waals surface area (Å²) in [6, 6.07) is 15.0. The fraction of sp³-hybridized carbons (Fsp3) is 0.273. The number of hydrogen-bond acceptors (Lipinski definition) is 6. The molecule has 8 nitrogen and oxygen atoms in total. The van der Waals surface area contributed by atoms with E-state index < -0.39 is 15.9 Å². The Bertz CT molecular complexity index is 1180. The Morgan fingerprint density at radius 1 is 1.06 bits per heavy atom. The average Bonchev–Trinajstić information content (AvgIpc) is 3.30. The lowest BCUT2D eigenvalue weighted by molar-refractivity contribution is 0.101. The molecule has 1 amide bonds. The zero-order chi connectivity index (χ0) is 21.8. The highest BCUT2D eigenvalue weighted by Gasteiger charge is 2.26. The van der Waals surface area contributed by atoms with Crippen LogP contribution in [0.1, 0.15) is 29.8 Å². The molecule has 0 spiro atoms.